The molecule has 0 amide bonds. The van der Waals surface area contributed by atoms with Crippen LogP contribution >= 0.6 is 0 Å². The van der Waals surface area contributed by atoms with Crippen LogP contribution < -0.4 is 24.4 Å². The molecule has 2 N–H and O–H groups in total. The first-order valence-corrected chi connectivity index (χ1v) is 18.0. The number of hydrogen-bond acceptors (Lipinski definition) is 8. The molecule has 3 aromatic carbocycles. The third-order valence-corrected chi connectivity index (χ3v) is 8.44. The monoisotopic (exact) mass is 638 g/mol. The number of nitroso groups, excluding NO2 is 1. The topological polar surface area (TPSA) is 98.6 Å². The summed E-state index contributed by atoms with van der Waals surface area (Å²) in [6, 6.07) is 7.60. The lowest BCUT2D eigenvalue weighted by atomic mass is 9.97. The molecule has 256 valence electrons. The Morgan fingerprint density at radius 2 is 0.826 bits per heavy atom. The Morgan fingerprint density at radius 3 is 1.15 bits per heavy atom. The van der Waals surface area contributed by atoms with E-state index in [1.54, 1.807) is 0 Å². The van der Waals surface area contributed by atoms with Gasteiger partial charge in [0.1, 0.15) is 5.69 Å². The molecular weight excluding hydrogens is 580 g/mol. The van der Waals surface area contributed by atoms with E-state index in [4.69, 9.17) is 18.9 Å². The highest BCUT2D eigenvalue weighted by atomic mass is 16.5. The largest absolute Gasteiger partial charge is 0.490 e. The van der Waals surface area contributed by atoms with Gasteiger partial charge in [-0.3, -0.25) is 10.7 Å². The molecule has 46 heavy (non-hydrogen) atoms. The molecule has 0 heterocycles. The number of fused-ring (bicyclic) bond motifs is 3. The molecule has 0 unspecified atom stereocenters. The molecule has 3 rings (SSSR count). The van der Waals surface area contributed by atoms with Crippen molar-refractivity contribution in [2.45, 2.75) is 130 Å². The van der Waals surface area contributed by atoms with Crippen LogP contribution in [0, 0.1) is 4.91 Å². The van der Waals surface area contributed by atoms with Crippen LogP contribution in [0.3, 0.4) is 0 Å². The number of benzene rings is 3. The highest BCUT2D eigenvalue weighted by molar-refractivity contribution is 6.20. The van der Waals surface area contributed by atoms with E-state index in [0.29, 0.717) is 60.2 Å². The molecule has 0 bridgehead atoms. The van der Waals surface area contributed by atoms with Gasteiger partial charge in [-0.05, 0) is 65.9 Å². The average molecular weight is 639 g/mol. The SMILES string of the molecule is CCCCCCOc1cc2c(N=O)c(NO)c3cc(OCCCCCC)c(OCCCCCC)cc3c2cc1OCCCCCC. The maximum atomic E-state index is 12.4. The third kappa shape index (κ3) is 10.9. The molecule has 0 aliphatic rings. The molecule has 0 spiro atoms. The molecule has 0 fully saturated rings. The summed E-state index contributed by atoms with van der Waals surface area (Å²) in [5.74, 6) is 2.45. The molecular formula is C38H58N2O6. The van der Waals surface area contributed by atoms with Gasteiger partial charge in [-0.25, -0.2) is 0 Å². The molecule has 0 aliphatic carbocycles. The van der Waals surface area contributed by atoms with E-state index in [1.165, 1.54) is 12.8 Å². The van der Waals surface area contributed by atoms with Gasteiger partial charge in [0.05, 0.1) is 32.1 Å². The molecule has 0 atom stereocenters. The number of unbranched alkanes of at least 4 members (excludes halogenated alkanes) is 12. The normalized spacial score (nSPS) is 11.2. The van der Waals surface area contributed by atoms with E-state index >= 15 is 0 Å². The summed E-state index contributed by atoms with van der Waals surface area (Å²) in [5, 5.41) is 16.5. The van der Waals surface area contributed by atoms with Crippen LogP contribution in [-0.2, 0) is 0 Å². The van der Waals surface area contributed by atoms with Crippen molar-refractivity contribution < 1.29 is 24.2 Å². The average Bonchev–Trinajstić information content (AvgIpc) is 3.07. The minimum Gasteiger partial charge on any atom is -0.490 e. The summed E-state index contributed by atoms with van der Waals surface area (Å²) in [6.45, 7) is 11.0. The van der Waals surface area contributed by atoms with Crippen LogP contribution in [0.5, 0.6) is 23.0 Å². The molecule has 0 aromatic heterocycles. The van der Waals surface area contributed by atoms with E-state index in [2.05, 4.69) is 38.4 Å². The van der Waals surface area contributed by atoms with Gasteiger partial charge in [0.25, 0.3) is 0 Å². The third-order valence-electron chi connectivity index (χ3n) is 8.44. The first kappa shape index (κ1) is 37.2. The van der Waals surface area contributed by atoms with Crippen LogP contribution in [0.25, 0.3) is 21.5 Å². The number of ether oxygens (including phenoxy) is 4. The Balaban J connectivity index is 2.12. The first-order chi connectivity index (χ1) is 22.6. The van der Waals surface area contributed by atoms with Gasteiger partial charge in [0, 0.05) is 10.8 Å². The van der Waals surface area contributed by atoms with Crippen molar-refractivity contribution in [3.8, 4) is 23.0 Å². The molecule has 0 aliphatic heterocycles. The fourth-order valence-electron chi connectivity index (χ4n) is 5.73. The van der Waals surface area contributed by atoms with E-state index in [-0.39, 0.29) is 11.4 Å². The zero-order valence-electron chi connectivity index (χ0n) is 28.9. The van der Waals surface area contributed by atoms with Gasteiger partial charge in [0.15, 0.2) is 23.0 Å². The molecule has 8 nitrogen and oxygen atoms in total. The smallest absolute Gasteiger partial charge is 0.161 e. The second kappa shape index (κ2) is 21.5. The van der Waals surface area contributed by atoms with Crippen molar-refractivity contribution in [2.24, 2.45) is 5.18 Å². The Kier molecular flexibility index (Phi) is 17.4. The fraction of sp³-hybridized carbons (Fsp3) is 0.632. The molecule has 0 saturated carbocycles. The maximum absolute atomic E-state index is 12.4. The molecule has 0 radical (unpaired) electrons. The predicted molar refractivity (Wildman–Crippen MR) is 191 cm³/mol. The summed E-state index contributed by atoms with van der Waals surface area (Å²) < 4.78 is 25.2. The standard InChI is InChI=1S/C38H58N2O6/c1-5-9-13-17-21-43-33-25-29-30-26-34(44-22-18-14-10-6-2)36(46-24-20-16-12-8-4)28-32(30)38(40-42)37(39-41)31(29)27-35(33)45-23-19-15-11-7-3/h25-28,39,41H,5-24H2,1-4H3. The van der Waals surface area contributed by atoms with E-state index in [1.807, 2.05) is 24.3 Å². The van der Waals surface area contributed by atoms with Gasteiger partial charge >= 0.3 is 0 Å². The van der Waals surface area contributed by atoms with Crippen molar-refractivity contribution >= 4 is 32.9 Å². The summed E-state index contributed by atoms with van der Waals surface area (Å²) in [5.41, 5.74) is 2.61. The maximum Gasteiger partial charge on any atom is 0.161 e. The zero-order chi connectivity index (χ0) is 33.0. The van der Waals surface area contributed by atoms with Crippen molar-refractivity contribution in [1.82, 2.24) is 0 Å². The van der Waals surface area contributed by atoms with Crippen LogP contribution in [0.15, 0.2) is 29.4 Å². The van der Waals surface area contributed by atoms with Crippen LogP contribution in [0.2, 0.25) is 0 Å². The number of nitrogens with one attached hydrogen (secondary N) is 1. The number of rotatable bonds is 26. The van der Waals surface area contributed by atoms with E-state index in [9.17, 15) is 10.1 Å². The second-order valence-corrected chi connectivity index (χ2v) is 12.3. The summed E-state index contributed by atoms with van der Waals surface area (Å²) in [6.07, 6.45) is 17.4. The lowest BCUT2D eigenvalue weighted by Crippen LogP contribution is -2.05. The van der Waals surface area contributed by atoms with Crippen molar-refractivity contribution in [1.29, 1.82) is 0 Å². The van der Waals surface area contributed by atoms with Crippen molar-refractivity contribution in [3.05, 3.63) is 29.2 Å². The zero-order valence-corrected chi connectivity index (χ0v) is 28.9. The number of hydrogen-bond donors (Lipinski definition) is 2. The fourth-order valence-corrected chi connectivity index (χ4v) is 5.73. The first-order valence-electron chi connectivity index (χ1n) is 18.0. The van der Waals surface area contributed by atoms with Gasteiger partial charge in [-0.2, -0.15) is 0 Å². The van der Waals surface area contributed by atoms with Gasteiger partial charge < -0.3 is 18.9 Å². The molecule has 3 aromatic rings. The number of anilines is 1. The molecule has 0 saturated heterocycles. The predicted octanol–water partition coefficient (Wildman–Crippen LogP) is 12.0. The van der Waals surface area contributed by atoms with Crippen LogP contribution in [0.1, 0.15) is 130 Å². The van der Waals surface area contributed by atoms with Crippen LogP contribution in [0.4, 0.5) is 11.4 Å². The van der Waals surface area contributed by atoms with Gasteiger partial charge in [0.2, 0.25) is 0 Å². The van der Waals surface area contributed by atoms with E-state index < -0.39 is 0 Å². The van der Waals surface area contributed by atoms with E-state index in [0.717, 1.165) is 101 Å². The van der Waals surface area contributed by atoms with Crippen LogP contribution in [-0.4, -0.2) is 31.6 Å². The lowest BCUT2D eigenvalue weighted by molar-refractivity contribution is 0.259. The Morgan fingerprint density at radius 1 is 0.500 bits per heavy atom. The number of nitrogens with zero attached hydrogens (tertiary/aromatic N) is 1. The summed E-state index contributed by atoms with van der Waals surface area (Å²) >= 11 is 0. The minimum atomic E-state index is 0.109. The molecule has 8 heteroatoms. The van der Waals surface area contributed by atoms with Crippen molar-refractivity contribution in [2.75, 3.05) is 31.9 Å². The highest BCUT2D eigenvalue weighted by Gasteiger charge is 2.22. The highest BCUT2D eigenvalue weighted by Crippen LogP contribution is 2.48. The van der Waals surface area contributed by atoms with Gasteiger partial charge in [-0.15, -0.1) is 4.91 Å². The second-order valence-electron chi connectivity index (χ2n) is 12.3. The summed E-state index contributed by atoms with van der Waals surface area (Å²) in [7, 11) is 0. The quantitative estimate of drug-likeness (QED) is 0.0390. The van der Waals surface area contributed by atoms with Gasteiger partial charge in [-0.1, -0.05) is 105 Å². The Hall–Kier alpha value is -3.26. The lowest BCUT2D eigenvalue weighted by Gasteiger charge is -2.19. The Bertz CT molecular complexity index is 1330. The summed E-state index contributed by atoms with van der Waals surface area (Å²) in [4.78, 5) is 12.4. The Labute approximate surface area is 276 Å². The van der Waals surface area contributed by atoms with Crippen molar-refractivity contribution in [3.63, 3.8) is 0 Å². The minimum absolute atomic E-state index is 0.109.